The fourth-order valence-corrected chi connectivity index (χ4v) is 6.74. The van der Waals surface area contributed by atoms with Gasteiger partial charge in [-0.3, -0.25) is 4.68 Å². The molecule has 0 amide bonds. The highest BCUT2D eigenvalue weighted by Crippen LogP contribution is 2.45. The zero-order chi connectivity index (χ0) is 36.9. The molecule has 0 N–H and O–H groups in total. The number of hydrogen-bond donors (Lipinski definition) is 0. The Hall–Kier alpha value is -4.37. The lowest BCUT2D eigenvalue weighted by Crippen LogP contribution is -2.41. The van der Waals surface area contributed by atoms with Crippen LogP contribution in [-0.4, -0.2) is 67.9 Å². The zero-order valence-electron chi connectivity index (χ0n) is 30.6. The van der Waals surface area contributed by atoms with E-state index in [1.165, 1.54) is 10.9 Å². The van der Waals surface area contributed by atoms with Gasteiger partial charge >= 0.3 is 6.18 Å². The first kappa shape index (κ1) is 36.4. The summed E-state index contributed by atoms with van der Waals surface area (Å²) in [6.45, 7) is 15.1. The van der Waals surface area contributed by atoms with Gasteiger partial charge < -0.3 is 18.5 Å². The smallest absolute Gasteiger partial charge is 0.434 e. The molecule has 6 rings (SSSR count). The number of aromatic nitrogens is 8. The molecule has 51 heavy (non-hydrogen) atoms. The van der Waals surface area contributed by atoms with Crippen LogP contribution < -0.4 is 9.47 Å². The largest absolute Gasteiger partial charge is 0.491 e. The molecule has 1 aromatic carbocycles. The first-order chi connectivity index (χ1) is 24.0. The number of ether oxygens (including phenoxy) is 2. The first-order valence-corrected chi connectivity index (χ1v) is 20.0. The summed E-state index contributed by atoms with van der Waals surface area (Å²) in [4.78, 5) is 22.6. The number of aryl methyl sites for hydroxylation is 1. The van der Waals surface area contributed by atoms with Crippen molar-refractivity contribution in [3.8, 4) is 34.4 Å². The Morgan fingerprint density at radius 1 is 1.02 bits per heavy atom. The molecular formula is C36H45F3N8O3Si. The minimum Gasteiger partial charge on any atom is -0.491 e. The van der Waals surface area contributed by atoms with E-state index in [2.05, 4.69) is 53.8 Å². The quantitative estimate of drug-likeness (QED) is 0.0930. The standard InChI is InChI=1S/C36H45F3N8O3Si/c1-21(2)47-19-28(36(37,38)39)43-33(47)24-13-12-23(27(17-24)49-14-15-50-51(8,9)35(3,4)5)16-25-31-26(46(6)45-25)18-40-32(44-31)29-30(22-10-11-22)41-20-42-34(29)48-7/h12-13,17-22H,10-11,14-16H2,1-9H3. The van der Waals surface area contributed by atoms with Crippen molar-refractivity contribution in [3.05, 3.63) is 59.6 Å². The van der Waals surface area contributed by atoms with E-state index in [0.717, 1.165) is 35.8 Å². The lowest BCUT2D eigenvalue weighted by Gasteiger charge is -2.36. The minimum absolute atomic E-state index is 0.0260. The molecule has 11 nitrogen and oxygen atoms in total. The van der Waals surface area contributed by atoms with Crippen molar-refractivity contribution in [2.45, 2.75) is 90.1 Å². The number of alkyl halides is 3. The maximum atomic E-state index is 13.8. The van der Waals surface area contributed by atoms with Gasteiger partial charge in [0.05, 0.1) is 31.3 Å². The molecule has 272 valence electrons. The van der Waals surface area contributed by atoms with Gasteiger partial charge in [0.15, 0.2) is 19.8 Å². The van der Waals surface area contributed by atoms with Gasteiger partial charge in [0.2, 0.25) is 5.88 Å². The number of hydrogen-bond acceptors (Lipinski definition) is 9. The average molecular weight is 723 g/mol. The van der Waals surface area contributed by atoms with Crippen molar-refractivity contribution >= 4 is 19.4 Å². The average Bonchev–Trinajstić information content (AvgIpc) is 3.73. The highest BCUT2D eigenvalue weighted by Gasteiger charge is 2.37. The molecule has 4 aromatic heterocycles. The van der Waals surface area contributed by atoms with Crippen LogP contribution in [0.15, 0.2) is 36.9 Å². The lowest BCUT2D eigenvalue weighted by molar-refractivity contribution is -0.140. The van der Waals surface area contributed by atoms with E-state index in [4.69, 9.17) is 24.0 Å². The Labute approximate surface area is 296 Å². The molecule has 5 aromatic rings. The molecular weight excluding hydrogens is 678 g/mol. The highest BCUT2D eigenvalue weighted by atomic mass is 28.4. The summed E-state index contributed by atoms with van der Waals surface area (Å²) in [5.74, 6) is 1.88. The van der Waals surface area contributed by atoms with E-state index < -0.39 is 20.2 Å². The van der Waals surface area contributed by atoms with Crippen molar-refractivity contribution in [1.82, 2.24) is 39.3 Å². The number of halogens is 3. The third-order valence-electron chi connectivity index (χ3n) is 9.76. The highest BCUT2D eigenvalue weighted by molar-refractivity contribution is 6.74. The lowest BCUT2D eigenvalue weighted by atomic mass is 10.0. The van der Waals surface area contributed by atoms with Gasteiger partial charge in [-0.15, -0.1) is 0 Å². The van der Waals surface area contributed by atoms with Crippen molar-refractivity contribution in [3.63, 3.8) is 0 Å². The van der Waals surface area contributed by atoms with Crippen LogP contribution in [0.3, 0.4) is 0 Å². The normalized spacial score (nSPS) is 14.1. The Kier molecular flexibility index (Phi) is 9.74. The second-order valence-electron chi connectivity index (χ2n) is 14.8. The monoisotopic (exact) mass is 722 g/mol. The van der Waals surface area contributed by atoms with Gasteiger partial charge in [-0.05, 0) is 50.9 Å². The maximum Gasteiger partial charge on any atom is 0.434 e. The van der Waals surface area contributed by atoms with Gasteiger partial charge in [-0.1, -0.05) is 32.9 Å². The Morgan fingerprint density at radius 3 is 2.41 bits per heavy atom. The Bertz CT molecular complexity index is 2050. The SMILES string of the molecule is COc1ncnc(C2CC2)c1-c1ncc2c(n1)c(Cc1ccc(-c3nc(C(F)(F)F)cn3C(C)C)cc1OCCO[Si](C)(C)C(C)(C)C)nn2C. The number of imidazole rings is 1. The van der Waals surface area contributed by atoms with E-state index in [0.29, 0.717) is 58.7 Å². The molecule has 1 aliphatic carbocycles. The predicted octanol–water partition coefficient (Wildman–Crippen LogP) is 8.16. The number of benzene rings is 1. The molecule has 0 saturated heterocycles. The van der Waals surface area contributed by atoms with Gasteiger partial charge in [0.25, 0.3) is 0 Å². The van der Waals surface area contributed by atoms with Crippen LogP contribution >= 0.6 is 0 Å². The summed E-state index contributed by atoms with van der Waals surface area (Å²) in [7, 11) is 1.36. The molecule has 4 heterocycles. The van der Waals surface area contributed by atoms with E-state index in [1.54, 1.807) is 30.1 Å². The molecule has 0 atom stereocenters. The first-order valence-electron chi connectivity index (χ1n) is 17.1. The molecule has 0 radical (unpaired) electrons. The van der Waals surface area contributed by atoms with Crippen LogP contribution in [0, 0.1) is 0 Å². The van der Waals surface area contributed by atoms with Crippen molar-refractivity contribution in [1.29, 1.82) is 0 Å². The number of fused-ring (bicyclic) bond motifs is 1. The summed E-state index contributed by atoms with van der Waals surface area (Å²) >= 11 is 0. The van der Waals surface area contributed by atoms with Gasteiger partial charge in [0, 0.05) is 42.8 Å². The predicted molar refractivity (Wildman–Crippen MR) is 190 cm³/mol. The fraction of sp³-hybridized carbons (Fsp3) is 0.500. The molecule has 0 spiro atoms. The Morgan fingerprint density at radius 2 is 1.76 bits per heavy atom. The molecule has 0 aliphatic heterocycles. The number of rotatable bonds is 12. The van der Waals surface area contributed by atoms with Gasteiger partial charge in [-0.25, -0.2) is 24.9 Å². The fourth-order valence-electron chi connectivity index (χ4n) is 5.72. The van der Waals surface area contributed by atoms with E-state index in [9.17, 15) is 13.2 Å². The number of nitrogens with zero attached hydrogens (tertiary/aromatic N) is 8. The van der Waals surface area contributed by atoms with Gasteiger partial charge in [-0.2, -0.15) is 18.3 Å². The van der Waals surface area contributed by atoms with Crippen molar-refractivity contribution < 1.29 is 27.1 Å². The second kappa shape index (κ2) is 13.6. The van der Waals surface area contributed by atoms with Crippen LogP contribution in [0.5, 0.6) is 11.6 Å². The van der Waals surface area contributed by atoms with Crippen LogP contribution in [-0.2, 0) is 24.1 Å². The van der Waals surface area contributed by atoms with Crippen LogP contribution in [0.2, 0.25) is 18.1 Å². The summed E-state index contributed by atoms with van der Waals surface area (Å²) in [5, 5.41) is 4.84. The van der Waals surface area contributed by atoms with Crippen LogP contribution in [0.25, 0.3) is 33.8 Å². The summed E-state index contributed by atoms with van der Waals surface area (Å²) in [5.41, 5.74) is 3.94. The molecule has 15 heteroatoms. The second-order valence-corrected chi connectivity index (χ2v) is 19.6. The van der Waals surface area contributed by atoms with Crippen LogP contribution in [0.4, 0.5) is 13.2 Å². The number of methoxy groups -OCH3 is 1. The van der Waals surface area contributed by atoms with Crippen molar-refractivity contribution in [2.24, 2.45) is 7.05 Å². The summed E-state index contributed by atoms with van der Waals surface area (Å²) in [6.07, 6.45) is 2.11. The van der Waals surface area contributed by atoms with E-state index >= 15 is 0 Å². The third kappa shape index (κ3) is 7.50. The minimum atomic E-state index is -4.58. The van der Waals surface area contributed by atoms with Gasteiger partial charge in [0.1, 0.15) is 41.1 Å². The summed E-state index contributed by atoms with van der Waals surface area (Å²) < 4.78 is 62.9. The Balaban J connectivity index is 1.39. The topological polar surface area (TPSA) is 115 Å². The third-order valence-corrected chi connectivity index (χ3v) is 14.3. The van der Waals surface area contributed by atoms with E-state index in [-0.39, 0.29) is 23.5 Å². The molecule has 1 saturated carbocycles. The van der Waals surface area contributed by atoms with E-state index in [1.807, 2.05) is 27.0 Å². The molecule has 1 fully saturated rings. The van der Waals surface area contributed by atoms with Crippen LogP contribution in [0.1, 0.15) is 82.1 Å². The molecule has 0 unspecified atom stereocenters. The summed E-state index contributed by atoms with van der Waals surface area (Å²) in [6, 6.07) is 5.12. The van der Waals surface area contributed by atoms with Crippen molar-refractivity contribution in [2.75, 3.05) is 20.3 Å². The molecule has 1 aliphatic rings. The molecule has 0 bridgehead atoms. The maximum absolute atomic E-state index is 13.8. The zero-order valence-corrected chi connectivity index (χ0v) is 31.6.